The summed E-state index contributed by atoms with van der Waals surface area (Å²) in [7, 11) is 0. The normalized spacial score (nSPS) is 9.30. The minimum Gasteiger partial charge on any atom is -0.351 e. The topological polar surface area (TPSA) is 57.8 Å². The molecule has 0 aromatic carbocycles. The average Bonchev–Trinajstić information content (AvgIpc) is 2.34. The summed E-state index contributed by atoms with van der Waals surface area (Å²) in [6.07, 6.45) is 1.65. The number of carbonyl (C=O) groups is 1. The standard InChI is InChI=1S/C6H9N3O/c1-5(10)7-4-6-2-3-8-9-6/h2-3H,4H2,1H3,(H,7,10)(H,8,9). The summed E-state index contributed by atoms with van der Waals surface area (Å²) in [4.78, 5) is 10.4. The molecule has 0 aliphatic carbocycles. The van der Waals surface area contributed by atoms with Gasteiger partial charge in [-0.05, 0) is 6.07 Å². The van der Waals surface area contributed by atoms with Crippen LogP contribution in [0.15, 0.2) is 12.3 Å². The quantitative estimate of drug-likeness (QED) is 0.608. The zero-order valence-corrected chi connectivity index (χ0v) is 5.72. The Morgan fingerprint density at radius 1 is 1.90 bits per heavy atom. The van der Waals surface area contributed by atoms with Crippen LogP contribution in [0.2, 0.25) is 0 Å². The number of rotatable bonds is 2. The van der Waals surface area contributed by atoms with E-state index < -0.39 is 0 Å². The average molecular weight is 139 g/mol. The molecule has 0 unspecified atom stereocenters. The first kappa shape index (κ1) is 6.80. The third-order valence-corrected chi connectivity index (χ3v) is 1.09. The highest BCUT2D eigenvalue weighted by Crippen LogP contribution is 1.88. The highest BCUT2D eigenvalue weighted by atomic mass is 16.1. The van der Waals surface area contributed by atoms with Crippen LogP contribution in [0.1, 0.15) is 12.6 Å². The van der Waals surface area contributed by atoms with Crippen molar-refractivity contribution in [1.29, 1.82) is 0 Å². The van der Waals surface area contributed by atoms with Crippen molar-refractivity contribution in [1.82, 2.24) is 15.5 Å². The molecular weight excluding hydrogens is 130 g/mol. The molecule has 1 amide bonds. The molecule has 4 nitrogen and oxygen atoms in total. The summed E-state index contributed by atoms with van der Waals surface area (Å²) < 4.78 is 0. The molecule has 1 rings (SSSR count). The maximum absolute atomic E-state index is 10.4. The lowest BCUT2D eigenvalue weighted by Crippen LogP contribution is -2.18. The number of aromatic amines is 1. The third kappa shape index (κ3) is 1.89. The van der Waals surface area contributed by atoms with Crippen LogP contribution in [-0.4, -0.2) is 16.1 Å². The summed E-state index contributed by atoms with van der Waals surface area (Å²) in [5.41, 5.74) is 0.912. The summed E-state index contributed by atoms with van der Waals surface area (Å²) in [6.45, 7) is 2.01. The molecule has 1 heterocycles. The van der Waals surface area contributed by atoms with Gasteiger partial charge in [0, 0.05) is 13.1 Å². The highest BCUT2D eigenvalue weighted by molar-refractivity contribution is 5.72. The third-order valence-electron chi connectivity index (χ3n) is 1.09. The van der Waals surface area contributed by atoms with E-state index >= 15 is 0 Å². The largest absolute Gasteiger partial charge is 0.351 e. The number of H-pyrrole nitrogens is 1. The van der Waals surface area contributed by atoms with Crippen LogP contribution in [0.3, 0.4) is 0 Å². The minimum absolute atomic E-state index is 0.0328. The molecule has 54 valence electrons. The molecule has 0 fully saturated rings. The van der Waals surface area contributed by atoms with Gasteiger partial charge in [-0.25, -0.2) is 0 Å². The Kier molecular flexibility index (Phi) is 2.04. The van der Waals surface area contributed by atoms with Crippen molar-refractivity contribution in [3.8, 4) is 0 Å². The van der Waals surface area contributed by atoms with E-state index in [2.05, 4.69) is 15.5 Å². The summed E-state index contributed by atoms with van der Waals surface area (Å²) in [5, 5.41) is 9.09. The van der Waals surface area contributed by atoms with Crippen LogP contribution < -0.4 is 5.32 Å². The summed E-state index contributed by atoms with van der Waals surface area (Å²) in [6, 6.07) is 1.82. The molecule has 0 saturated heterocycles. The number of hydrogen-bond acceptors (Lipinski definition) is 2. The Morgan fingerprint density at radius 2 is 2.70 bits per heavy atom. The van der Waals surface area contributed by atoms with Crippen LogP contribution >= 0.6 is 0 Å². The smallest absolute Gasteiger partial charge is 0.217 e. The van der Waals surface area contributed by atoms with Crippen molar-refractivity contribution < 1.29 is 4.79 Å². The number of nitrogens with one attached hydrogen (secondary N) is 2. The number of carbonyl (C=O) groups excluding carboxylic acids is 1. The van der Waals surface area contributed by atoms with E-state index in [-0.39, 0.29) is 5.91 Å². The lowest BCUT2D eigenvalue weighted by molar-refractivity contribution is -0.119. The van der Waals surface area contributed by atoms with E-state index in [9.17, 15) is 4.79 Å². The molecule has 0 bridgehead atoms. The van der Waals surface area contributed by atoms with Gasteiger partial charge in [0.15, 0.2) is 0 Å². The van der Waals surface area contributed by atoms with Gasteiger partial charge in [0.1, 0.15) is 0 Å². The first-order chi connectivity index (χ1) is 4.79. The van der Waals surface area contributed by atoms with Crippen molar-refractivity contribution in [2.24, 2.45) is 0 Å². The molecule has 2 N–H and O–H groups in total. The number of hydrogen-bond donors (Lipinski definition) is 2. The maximum atomic E-state index is 10.4. The summed E-state index contributed by atoms with van der Waals surface area (Å²) in [5.74, 6) is -0.0328. The Labute approximate surface area is 58.6 Å². The Morgan fingerprint density at radius 3 is 3.20 bits per heavy atom. The molecule has 1 aromatic rings. The Bertz CT molecular complexity index is 205. The van der Waals surface area contributed by atoms with Crippen molar-refractivity contribution in [2.75, 3.05) is 0 Å². The minimum atomic E-state index is -0.0328. The number of aromatic nitrogens is 2. The number of amides is 1. The van der Waals surface area contributed by atoms with E-state index in [1.807, 2.05) is 6.07 Å². The van der Waals surface area contributed by atoms with E-state index in [0.29, 0.717) is 6.54 Å². The van der Waals surface area contributed by atoms with Gasteiger partial charge in [-0.1, -0.05) is 0 Å². The lowest BCUT2D eigenvalue weighted by atomic mass is 10.4. The van der Waals surface area contributed by atoms with Gasteiger partial charge >= 0.3 is 0 Å². The van der Waals surface area contributed by atoms with Gasteiger partial charge in [0.2, 0.25) is 5.91 Å². The molecule has 0 radical (unpaired) electrons. The van der Waals surface area contributed by atoms with E-state index in [4.69, 9.17) is 0 Å². The molecule has 10 heavy (non-hydrogen) atoms. The fourth-order valence-electron chi connectivity index (χ4n) is 0.603. The van der Waals surface area contributed by atoms with Crippen LogP contribution in [0.25, 0.3) is 0 Å². The fraction of sp³-hybridized carbons (Fsp3) is 0.333. The van der Waals surface area contributed by atoms with E-state index in [1.54, 1.807) is 6.20 Å². The lowest BCUT2D eigenvalue weighted by Gasteiger charge is -1.96. The maximum Gasteiger partial charge on any atom is 0.217 e. The van der Waals surface area contributed by atoms with Crippen LogP contribution in [0, 0.1) is 0 Å². The first-order valence-corrected chi connectivity index (χ1v) is 3.02. The van der Waals surface area contributed by atoms with Gasteiger partial charge in [0.25, 0.3) is 0 Å². The van der Waals surface area contributed by atoms with Crippen molar-refractivity contribution in [3.05, 3.63) is 18.0 Å². The molecule has 0 saturated carbocycles. The molecular formula is C6H9N3O. The second-order valence-electron chi connectivity index (χ2n) is 1.99. The van der Waals surface area contributed by atoms with E-state index in [1.165, 1.54) is 6.92 Å². The van der Waals surface area contributed by atoms with Gasteiger partial charge in [-0.15, -0.1) is 0 Å². The SMILES string of the molecule is CC(=O)NCc1ccn[nH]1. The molecule has 0 atom stereocenters. The fourth-order valence-corrected chi connectivity index (χ4v) is 0.603. The van der Waals surface area contributed by atoms with Crippen LogP contribution in [0.4, 0.5) is 0 Å². The van der Waals surface area contributed by atoms with Gasteiger partial charge in [0.05, 0.1) is 12.2 Å². The molecule has 1 aromatic heterocycles. The van der Waals surface area contributed by atoms with E-state index in [0.717, 1.165) is 5.69 Å². The van der Waals surface area contributed by atoms with Crippen LogP contribution in [-0.2, 0) is 11.3 Å². The van der Waals surface area contributed by atoms with Crippen molar-refractivity contribution >= 4 is 5.91 Å². The zero-order chi connectivity index (χ0) is 7.40. The predicted molar refractivity (Wildman–Crippen MR) is 36.1 cm³/mol. The van der Waals surface area contributed by atoms with Crippen LogP contribution in [0.5, 0.6) is 0 Å². The molecule has 0 aliphatic heterocycles. The molecule has 4 heteroatoms. The monoisotopic (exact) mass is 139 g/mol. The predicted octanol–water partition coefficient (Wildman–Crippen LogP) is 0.0458. The highest BCUT2D eigenvalue weighted by Gasteiger charge is 1.92. The Balaban J connectivity index is 2.35. The second-order valence-corrected chi connectivity index (χ2v) is 1.99. The first-order valence-electron chi connectivity index (χ1n) is 3.02. The van der Waals surface area contributed by atoms with Crippen molar-refractivity contribution in [2.45, 2.75) is 13.5 Å². The van der Waals surface area contributed by atoms with Gasteiger partial charge in [-0.3, -0.25) is 9.89 Å². The summed E-state index contributed by atoms with van der Waals surface area (Å²) >= 11 is 0. The number of nitrogens with zero attached hydrogens (tertiary/aromatic N) is 1. The zero-order valence-electron chi connectivity index (χ0n) is 5.72. The molecule has 0 spiro atoms. The molecule has 0 aliphatic rings. The van der Waals surface area contributed by atoms with Crippen molar-refractivity contribution in [3.63, 3.8) is 0 Å². The van der Waals surface area contributed by atoms with Gasteiger partial charge < -0.3 is 5.32 Å². The Hall–Kier alpha value is -1.32. The van der Waals surface area contributed by atoms with Gasteiger partial charge in [-0.2, -0.15) is 5.10 Å². The second kappa shape index (κ2) is 3.00.